The van der Waals surface area contributed by atoms with Crippen molar-refractivity contribution in [3.63, 3.8) is 0 Å². The minimum atomic E-state index is 0.0717. The summed E-state index contributed by atoms with van der Waals surface area (Å²) in [6.45, 7) is 0.726. The minimum Gasteiger partial charge on any atom is -0.356 e. The molecular weight excluding hydrogens is 284 g/mol. The van der Waals surface area contributed by atoms with Crippen molar-refractivity contribution in [3.05, 3.63) is 58.4 Å². The van der Waals surface area contributed by atoms with Gasteiger partial charge in [0.05, 0.1) is 11.8 Å². The molecule has 0 aliphatic carbocycles. The van der Waals surface area contributed by atoms with E-state index in [0.29, 0.717) is 0 Å². The van der Waals surface area contributed by atoms with Crippen LogP contribution < -0.4 is 4.90 Å². The summed E-state index contributed by atoms with van der Waals surface area (Å²) in [6.07, 6.45) is 2.50. The maximum Gasteiger partial charge on any atom is 0.259 e. The monoisotopic (exact) mass is 296 g/mol. The van der Waals surface area contributed by atoms with Crippen molar-refractivity contribution in [1.29, 1.82) is 0 Å². The molecule has 0 unspecified atom stereocenters. The van der Waals surface area contributed by atoms with Crippen LogP contribution in [0, 0.1) is 0 Å². The summed E-state index contributed by atoms with van der Waals surface area (Å²) in [5.41, 5.74) is 3.92. The molecular formula is C16H12N2O2S. The molecule has 3 heterocycles. The predicted octanol–water partition coefficient (Wildman–Crippen LogP) is 3.61. The highest BCUT2D eigenvalue weighted by molar-refractivity contribution is 7.08. The number of amides is 1. The van der Waals surface area contributed by atoms with Gasteiger partial charge in [0, 0.05) is 29.2 Å². The maximum atomic E-state index is 12.5. The van der Waals surface area contributed by atoms with E-state index in [1.54, 1.807) is 17.5 Å². The molecule has 0 spiro atoms. The molecule has 0 fully saturated rings. The van der Waals surface area contributed by atoms with Crippen molar-refractivity contribution in [3.8, 4) is 11.3 Å². The van der Waals surface area contributed by atoms with Crippen molar-refractivity contribution >= 4 is 22.9 Å². The summed E-state index contributed by atoms with van der Waals surface area (Å²) in [5.74, 6) is 0.822. The van der Waals surface area contributed by atoms with E-state index in [9.17, 15) is 4.79 Å². The molecule has 0 saturated heterocycles. The van der Waals surface area contributed by atoms with Crippen LogP contribution in [0.25, 0.3) is 11.3 Å². The summed E-state index contributed by atoms with van der Waals surface area (Å²) in [6, 6.07) is 9.75. The quantitative estimate of drug-likeness (QED) is 0.726. The summed E-state index contributed by atoms with van der Waals surface area (Å²) in [7, 11) is 0. The van der Waals surface area contributed by atoms with Crippen LogP contribution in [0.4, 0.5) is 5.69 Å². The molecule has 0 saturated carbocycles. The normalized spacial score (nSPS) is 13.4. The Hall–Kier alpha value is -2.40. The third-order valence-electron chi connectivity index (χ3n) is 3.71. The SMILES string of the molecule is O=C(c1ccsc1)N1CCc2cc(-c3ccno3)ccc21. The highest BCUT2D eigenvalue weighted by Crippen LogP contribution is 2.33. The number of hydrogen-bond donors (Lipinski definition) is 0. The first-order chi connectivity index (χ1) is 10.3. The number of benzene rings is 1. The van der Waals surface area contributed by atoms with E-state index >= 15 is 0 Å². The number of hydrogen-bond acceptors (Lipinski definition) is 4. The van der Waals surface area contributed by atoms with E-state index in [1.165, 1.54) is 5.56 Å². The lowest BCUT2D eigenvalue weighted by Gasteiger charge is -2.16. The van der Waals surface area contributed by atoms with Gasteiger partial charge in [0.15, 0.2) is 5.76 Å². The van der Waals surface area contributed by atoms with Crippen LogP contribution in [-0.4, -0.2) is 17.6 Å². The van der Waals surface area contributed by atoms with Crippen molar-refractivity contribution in [2.45, 2.75) is 6.42 Å². The van der Waals surface area contributed by atoms with Crippen molar-refractivity contribution in [1.82, 2.24) is 5.16 Å². The van der Waals surface area contributed by atoms with E-state index in [-0.39, 0.29) is 5.91 Å². The number of thiophene rings is 1. The van der Waals surface area contributed by atoms with Gasteiger partial charge in [-0.05, 0) is 41.6 Å². The lowest BCUT2D eigenvalue weighted by atomic mass is 10.1. The summed E-state index contributed by atoms with van der Waals surface area (Å²) >= 11 is 1.54. The van der Waals surface area contributed by atoms with Crippen LogP contribution in [0.1, 0.15) is 15.9 Å². The third-order valence-corrected chi connectivity index (χ3v) is 4.39. The van der Waals surface area contributed by atoms with E-state index < -0.39 is 0 Å². The van der Waals surface area contributed by atoms with Crippen LogP contribution >= 0.6 is 11.3 Å². The lowest BCUT2D eigenvalue weighted by molar-refractivity contribution is 0.0990. The molecule has 1 aliphatic rings. The number of nitrogens with zero attached hydrogens (tertiary/aromatic N) is 2. The van der Waals surface area contributed by atoms with Gasteiger partial charge >= 0.3 is 0 Å². The molecule has 0 atom stereocenters. The summed E-state index contributed by atoms with van der Waals surface area (Å²) < 4.78 is 5.18. The van der Waals surface area contributed by atoms with Gasteiger partial charge < -0.3 is 9.42 Å². The topological polar surface area (TPSA) is 46.3 Å². The van der Waals surface area contributed by atoms with Crippen molar-refractivity contribution in [2.24, 2.45) is 0 Å². The Bertz CT molecular complexity index is 779. The maximum absolute atomic E-state index is 12.5. The lowest BCUT2D eigenvalue weighted by Crippen LogP contribution is -2.28. The van der Waals surface area contributed by atoms with E-state index in [0.717, 1.165) is 35.5 Å². The molecule has 4 nitrogen and oxygen atoms in total. The molecule has 5 heteroatoms. The molecule has 0 radical (unpaired) electrons. The third kappa shape index (κ3) is 2.06. The van der Waals surface area contributed by atoms with Crippen molar-refractivity contribution in [2.75, 3.05) is 11.4 Å². The Kier molecular flexibility index (Phi) is 2.86. The number of rotatable bonds is 2. The van der Waals surface area contributed by atoms with Gasteiger partial charge in [-0.3, -0.25) is 4.79 Å². The van der Waals surface area contributed by atoms with Crippen LogP contribution in [0.5, 0.6) is 0 Å². The second-order valence-electron chi connectivity index (χ2n) is 4.94. The van der Waals surface area contributed by atoms with Gasteiger partial charge in [0.2, 0.25) is 0 Å². The zero-order valence-corrected chi connectivity index (χ0v) is 12.0. The highest BCUT2D eigenvalue weighted by atomic mass is 32.1. The Morgan fingerprint density at radius 3 is 3.00 bits per heavy atom. The predicted molar refractivity (Wildman–Crippen MR) is 81.6 cm³/mol. The first-order valence-electron chi connectivity index (χ1n) is 6.71. The van der Waals surface area contributed by atoms with Crippen LogP contribution in [-0.2, 0) is 6.42 Å². The van der Waals surface area contributed by atoms with E-state index in [2.05, 4.69) is 11.2 Å². The zero-order valence-electron chi connectivity index (χ0n) is 11.2. The van der Waals surface area contributed by atoms with E-state index in [1.807, 2.05) is 39.9 Å². The largest absolute Gasteiger partial charge is 0.356 e. The number of anilines is 1. The second kappa shape index (κ2) is 4.86. The van der Waals surface area contributed by atoms with Gasteiger partial charge in [-0.15, -0.1) is 0 Å². The molecule has 0 bridgehead atoms. The molecule has 1 aromatic carbocycles. The molecule has 1 amide bonds. The van der Waals surface area contributed by atoms with Gasteiger partial charge in [-0.25, -0.2) is 0 Å². The smallest absolute Gasteiger partial charge is 0.259 e. The number of carbonyl (C=O) groups excluding carboxylic acids is 1. The van der Waals surface area contributed by atoms with Gasteiger partial charge in [-0.1, -0.05) is 5.16 Å². The van der Waals surface area contributed by atoms with Gasteiger partial charge in [0.1, 0.15) is 0 Å². The Labute approximate surface area is 125 Å². The van der Waals surface area contributed by atoms with Gasteiger partial charge in [-0.2, -0.15) is 11.3 Å². The zero-order chi connectivity index (χ0) is 14.2. The average molecular weight is 296 g/mol. The van der Waals surface area contributed by atoms with Crippen LogP contribution in [0.2, 0.25) is 0 Å². The minimum absolute atomic E-state index is 0.0717. The fraction of sp³-hybridized carbons (Fsp3) is 0.125. The molecule has 0 N–H and O–H groups in total. The Balaban J connectivity index is 1.68. The Morgan fingerprint density at radius 2 is 2.24 bits per heavy atom. The Morgan fingerprint density at radius 1 is 1.29 bits per heavy atom. The first kappa shape index (κ1) is 12.3. The first-order valence-corrected chi connectivity index (χ1v) is 7.65. The number of aromatic nitrogens is 1. The summed E-state index contributed by atoms with van der Waals surface area (Å²) in [5, 5.41) is 7.55. The molecule has 21 heavy (non-hydrogen) atoms. The molecule has 104 valence electrons. The fourth-order valence-corrected chi connectivity index (χ4v) is 3.30. The molecule has 4 rings (SSSR count). The standard InChI is InChI=1S/C16H12N2O2S/c19-16(13-5-8-21-10-13)18-7-4-11-9-12(1-2-14(11)18)15-3-6-17-20-15/h1-3,5-6,8-10H,4,7H2. The molecule has 3 aromatic rings. The fourth-order valence-electron chi connectivity index (χ4n) is 2.67. The van der Waals surface area contributed by atoms with Crippen LogP contribution in [0.3, 0.4) is 0 Å². The van der Waals surface area contributed by atoms with Crippen LogP contribution in [0.15, 0.2) is 51.8 Å². The average Bonchev–Trinajstić information content (AvgIpc) is 3.25. The number of fused-ring (bicyclic) bond motifs is 1. The van der Waals surface area contributed by atoms with Crippen molar-refractivity contribution < 1.29 is 9.32 Å². The molecule has 2 aromatic heterocycles. The van der Waals surface area contributed by atoms with Gasteiger partial charge in [0.25, 0.3) is 5.91 Å². The summed E-state index contributed by atoms with van der Waals surface area (Å²) in [4.78, 5) is 14.3. The highest BCUT2D eigenvalue weighted by Gasteiger charge is 2.26. The van der Waals surface area contributed by atoms with E-state index in [4.69, 9.17) is 4.52 Å². The molecule has 1 aliphatic heterocycles. The number of carbonyl (C=O) groups is 1. The second-order valence-corrected chi connectivity index (χ2v) is 5.72.